The van der Waals surface area contributed by atoms with E-state index in [0.717, 1.165) is 41.9 Å². The molecule has 0 aliphatic heterocycles. The monoisotopic (exact) mass is 570 g/mol. The van der Waals surface area contributed by atoms with Gasteiger partial charge in [0, 0.05) is 35.3 Å². The number of nitrogens with one attached hydrogen (secondary N) is 1. The molecule has 1 heterocycles. The van der Waals surface area contributed by atoms with Crippen LogP contribution >= 0.6 is 0 Å². The first-order chi connectivity index (χ1) is 20.3. The number of carboxylic acids is 2. The number of furan rings is 1. The third kappa shape index (κ3) is 9.79. The van der Waals surface area contributed by atoms with E-state index in [9.17, 15) is 14.4 Å². The van der Waals surface area contributed by atoms with E-state index in [0.29, 0.717) is 30.0 Å². The molecule has 1 amide bonds. The highest BCUT2D eigenvalue weighted by Gasteiger charge is 2.19. The van der Waals surface area contributed by atoms with Crippen LogP contribution in [0.5, 0.6) is 5.75 Å². The third-order valence-electron chi connectivity index (χ3n) is 6.13. The molecule has 0 aliphatic rings. The summed E-state index contributed by atoms with van der Waals surface area (Å²) in [4.78, 5) is 34.6. The molecule has 9 nitrogen and oxygen atoms in total. The molecule has 0 fully saturated rings. The fraction of sp³-hybridized carbons (Fsp3) is 0.182. The van der Waals surface area contributed by atoms with E-state index in [-0.39, 0.29) is 11.7 Å². The zero-order chi connectivity index (χ0) is 30.3. The van der Waals surface area contributed by atoms with Crippen molar-refractivity contribution < 1.29 is 33.8 Å². The van der Waals surface area contributed by atoms with Crippen molar-refractivity contribution in [3.63, 3.8) is 0 Å². The van der Waals surface area contributed by atoms with Gasteiger partial charge in [0.1, 0.15) is 17.9 Å². The number of hydrogen-bond donors (Lipinski definition) is 3. The van der Waals surface area contributed by atoms with E-state index < -0.39 is 11.9 Å². The Morgan fingerprint density at radius 3 is 2.07 bits per heavy atom. The van der Waals surface area contributed by atoms with Crippen molar-refractivity contribution in [1.29, 1.82) is 0 Å². The minimum Gasteiger partial charge on any atom is -0.492 e. The van der Waals surface area contributed by atoms with Crippen molar-refractivity contribution in [2.24, 2.45) is 0 Å². The Morgan fingerprint density at radius 1 is 0.833 bits per heavy atom. The number of carboxylic acid groups (broad SMARTS) is 2. The Balaban J connectivity index is 0.000000531. The zero-order valence-corrected chi connectivity index (χ0v) is 23.5. The van der Waals surface area contributed by atoms with Crippen LogP contribution in [0.25, 0.3) is 23.1 Å². The van der Waals surface area contributed by atoms with Crippen LogP contribution in [0, 0.1) is 0 Å². The molecule has 0 unspecified atom stereocenters. The van der Waals surface area contributed by atoms with E-state index in [1.165, 1.54) is 0 Å². The van der Waals surface area contributed by atoms with Gasteiger partial charge in [0.15, 0.2) is 5.76 Å². The van der Waals surface area contributed by atoms with Gasteiger partial charge in [-0.1, -0.05) is 68.5 Å². The number of para-hydroxylation sites is 1. The molecule has 1 aromatic heterocycles. The van der Waals surface area contributed by atoms with Crippen LogP contribution in [0.15, 0.2) is 95.4 Å². The fourth-order valence-corrected chi connectivity index (χ4v) is 3.94. The van der Waals surface area contributed by atoms with Gasteiger partial charge in [-0.15, -0.1) is 0 Å². The quantitative estimate of drug-likeness (QED) is 0.170. The van der Waals surface area contributed by atoms with Gasteiger partial charge in [0.2, 0.25) is 0 Å². The maximum absolute atomic E-state index is 13.1. The first kappa shape index (κ1) is 31.4. The lowest BCUT2D eigenvalue weighted by molar-refractivity contribution is -0.134. The first-order valence-corrected chi connectivity index (χ1v) is 13.5. The van der Waals surface area contributed by atoms with Gasteiger partial charge in [-0.3, -0.25) is 4.79 Å². The lowest BCUT2D eigenvalue weighted by Crippen LogP contribution is -2.27. The number of fused-ring (bicyclic) bond motifs is 1. The molecule has 9 heteroatoms. The van der Waals surface area contributed by atoms with E-state index in [1.54, 1.807) is 0 Å². The summed E-state index contributed by atoms with van der Waals surface area (Å²) in [6, 6.07) is 25.1. The second-order valence-corrected chi connectivity index (χ2v) is 8.95. The molecular weight excluding hydrogens is 536 g/mol. The number of anilines is 1. The average molecular weight is 571 g/mol. The largest absolute Gasteiger partial charge is 0.492 e. The number of ether oxygens (including phenoxy) is 1. The summed E-state index contributed by atoms with van der Waals surface area (Å²) in [7, 11) is 0. The summed E-state index contributed by atoms with van der Waals surface area (Å²) in [6.07, 6.45) is 5.03. The lowest BCUT2D eigenvalue weighted by atomic mass is 10.1. The summed E-state index contributed by atoms with van der Waals surface area (Å²) in [6.45, 7) is 7.82. The van der Waals surface area contributed by atoms with E-state index >= 15 is 0 Å². The predicted molar refractivity (Wildman–Crippen MR) is 164 cm³/mol. The van der Waals surface area contributed by atoms with E-state index in [2.05, 4.69) is 24.1 Å². The Morgan fingerprint density at radius 2 is 1.45 bits per heavy atom. The molecule has 0 bridgehead atoms. The molecule has 0 saturated heterocycles. The maximum Gasteiger partial charge on any atom is 0.328 e. The van der Waals surface area contributed by atoms with Crippen molar-refractivity contribution in [2.45, 2.75) is 13.8 Å². The third-order valence-corrected chi connectivity index (χ3v) is 6.13. The standard InChI is InChI=1S/C29H30N2O3.C4H4O4/c1-3-31(4-2)20-21-33-24-17-15-23(16-18-24)30-29(32)28-26(19-14-22-10-6-5-7-11-22)25-12-8-9-13-27(25)34-28;5-3(6)1-2-4(7)8/h5-19H,3-4,20-21H2,1-2H3,(H,30,32);1-2H,(H,5,6)(H,7,8)/b;2-1+. The fourth-order valence-electron chi connectivity index (χ4n) is 3.94. The first-order valence-electron chi connectivity index (χ1n) is 13.5. The highest BCUT2D eigenvalue weighted by Crippen LogP contribution is 2.29. The number of rotatable bonds is 12. The van der Waals surface area contributed by atoms with Crippen LogP contribution in [0.4, 0.5) is 5.69 Å². The van der Waals surface area contributed by atoms with Crippen LogP contribution in [-0.4, -0.2) is 59.2 Å². The smallest absolute Gasteiger partial charge is 0.328 e. The summed E-state index contributed by atoms with van der Waals surface area (Å²) in [5, 5.41) is 19.5. The summed E-state index contributed by atoms with van der Waals surface area (Å²) >= 11 is 0. The normalized spacial score (nSPS) is 11.0. The number of benzene rings is 3. The van der Waals surface area contributed by atoms with Crippen LogP contribution in [0.3, 0.4) is 0 Å². The van der Waals surface area contributed by atoms with Crippen molar-refractivity contribution in [2.75, 3.05) is 31.6 Å². The van der Waals surface area contributed by atoms with Gasteiger partial charge in [-0.05, 0) is 55.1 Å². The summed E-state index contributed by atoms with van der Waals surface area (Å²) < 4.78 is 11.8. The van der Waals surface area contributed by atoms with Crippen LogP contribution in [0.2, 0.25) is 0 Å². The predicted octanol–water partition coefficient (Wildman–Crippen LogP) is 6.29. The summed E-state index contributed by atoms with van der Waals surface area (Å²) in [5.74, 6) is -1.74. The molecule has 4 aromatic rings. The highest BCUT2D eigenvalue weighted by atomic mass is 16.5. The second kappa shape index (κ2) is 16.2. The van der Waals surface area contributed by atoms with Gasteiger partial charge in [-0.2, -0.15) is 0 Å². The molecular formula is C33H34N2O7. The van der Waals surface area contributed by atoms with Gasteiger partial charge >= 0.3 is 11.9 Å². The number of amides is 1. The number of carbonyl (C=O) groups excluding carboxylic acids is 1. The minimum atomic E-state index is -1.26. The number of likely N-dealkylation sites (N-methyl/N-ethyl adjacent to an activating group) is 1. The number of carbonyl (C=O) groups is 3. The molecule has 0 saturated carbocycles. The number of nitrogens with zero attached hydrogens (tertiary/aromatic N) is 1. The Hall–Kier alpha value is -5.15. The SMILES string of the molecule is CCN(CC)CCOc1ccc(NC(=O)c2oc3ccccc3c2C=Cc2ccccc2)cc1.O=C(O)/C=C/C(=O)O. The zero-order valence-electron chi connectivity index (χ0n) is 23.5. The van der Waals surface area contributed by atoms with Gasteiger partial charge in [-0.25, -0.2) is 9.59 Å². The van der Waals surface area contributed by atoms with E-state index in [1.807, 2.05) is 91.0 Å². The van der Waals surface area contributed by atoms with Crippen LogP contribution in [0.1, 0.15) is 35.5 Å². The maximum atomic E-state index is 13.1. The van der Waals surface area contributed by atoms with Crippen molar-refractivity contribution in [1.82, 2.24) is 4.90 Å². The average Bonchev–Trinajstić information content (AvgIpc) is 3.38. The minimum absolute atomic E-state index is 0.285. The van der Waals surface area contributed by atoms with Crippen LogP contribution in [-0.2, 0) is 9.59 Å². The molecule has 0 spiro atoms. The van der Waals surface area contributed by atoms with Crippen LogP contribution < -0.4 is 10.1 Å². The second-order valence-electron chi connectivity index (χ2n) is 8.95. The molecule has 0 radical (unpaired) electrons. The van der Waals surface area contributed by atoms with Gasteiger partial charge in [0.05, 0.1) is 0 Å². The molecule has 3 N–H and O–H groups in total. The van der Waals surface area contributed by atoms with Crippen molar-refractivity contribution >= 4 is 46.7 Å². The van der Waals surface area contributed by atoms with Crippen molar-refractivity contribution in [3.8, 4) is 5.75 Å². The lowest BCUT2D eigenvalue weighted by Gasteiger charge is -2.18. The molecule has 4 rings (SSSR count). The van der Waals surface area contributed by atoms with Gasteiger partial charge in [0.25, 0.3) is 5.91 Å². The summed E-state index contributed by atoms with van der Waals surface area (Å²) in [5.41, 5.74) is 3.17. The Kier molecular flexibility index (Phi) is 12.1. The highest BCUT2D eigenvalue weighted by molar-refractivity contribution is 6.09. The number of aliphatic carboxylic acids is 2. The molecule has 3 aromatic carbocycles. The molecule has 0 atom stereocenters. The molecule has 0 aliphatic carbocycles. The topological polar surface area (TPSA) is 129 Å². The van der Waals surface area contributed by atoms with Gasteiger partial charge < -0.3 is 29.6 Å². The van der Waals surface area contributed by atoms with Crippen molar-refractivity contribution in [3.05, 3.63) is 108 Å². The Labute approximate surface area is 244 Å². The van der Waals surface area contributed by atoms with E-state index in [4.69, 9.17) is 19.4 Å². The number of hydrogen-bond acceptors (Lipinski definition) is 6. The molecule has 218 valence electrons. The Bertz CT molecular complexity index is 1500. The molecule has 42 heavy (non-hydrogen) atoms.